The summed E-state index contributed by atoms with van der Waals surface area (Å²) in [4.78, 5) is 20.5. The van der Waals surface area contributed by atoms with E-state index in [1.54, 1.807) is 47.4 Å². The lowest BCUT2D eigenvalue weighted by atomic mass is 10.1. The number of anilines is 1. The number of rotatable bonds is 7. The number of hydrogen-bond donors (Lipinski definition) is 1. The van der Waals surface area contributed by atoms with Crippen LogP contribution in [0.3, 0.4) is 0 Å². The standard InChI is InChI=1S/C21H20N6O3/c1-14-18(15(2)30-26-14)8-9-20(28)25-16-4-6-17(7-5-16)29-21-12-19(22-13-23-21)27-11-3-10-24-27/h3-7,10-13H,8-9H2,1-2H3,(H,25,28). The maximum absolute atomic E-state index is 12.2. The van der Waals surface area contributed by atoms with Gasteiger partial charge in [0.2, 0.25) is 11.8 Å². The summed E-state index contributed by atoms with van der Waals surface area (Å²) in [7, 11) is 0. The minimum Gasteiger partial charge on any atom is -0.439 e. The molecular formula is C21H20N6O3. The Bertz CT molecular complexity index is 1120. The summed E-state index contributed by atoms with van der Waals surface area (Å²) in [6, 6.07) is 10.6. The molecule has 0 atom stereocenters. The molecule has 152 valence electrons. The van der Waals surface area contributed by atoms with Crippen molar-refractivity contribution in [1.82, 2.24) is 24.9 Å². The largest absolute Gasteiger partial charge is 0.439 e. The molecule has 1 aromatic carbocycles. The third kappa shape index (κ3) is 4.52. The number of nitrogens with one attached hydrogen (secondary N) is 1. The first-order chi connectivity index (χ1) is 14.6. The summed E-state index contributed by atoms with van der Waals surface area (Å²) in [5, 5.41) is 10.9. The molecule has 4 aromatic rings. The van der Waals surface area contributed by atoms with E-state index in [2.05, 4.69) is 25.5 Å². The fourth-order valence-corrected chi connectivity index (χ4v) is 2.96. The van der Waals surface area contributed by atoms with Gasteiger partial charge in [-0.15, -0.1) is 0 Å². The van der Waals surface area contributed by atoms with Gasteiger partial charge in [0.05, 0.1) is 5.69 Å². The van der Waals surface area contributed by atoms with E-state index in [0.717, 1.165) is 17.0 Å². The van der Waals surface area contributed by atoms with Crippen molar-refractivity contribution in [2.24, 2.45) is 0 Å². The molecule has 0 saturated heterocycles. The zero-order valence-corrected chi connectivity index (χ0v) is 16.6. The Hall–Kier alpha value is -4.01. The molecule has 0 saturated carbocycles. The Balaban J connectivity index is 1.34. The maximum atomic E-state index is 12.2. The summed E-state index contributed by atoms with van der Waals surface area (Å²) in [6.45, 7) is 3.72. The molecular weight excluding hydrogens is 384 g/mol. The number of ether oxygens (including phenoxy) is 1. The summed E-state index contributed by atoms with van der Waals surface area (Å²) >= 11 is 0. The predicted octanol–water partition coefficient (Wildman–Crippen LogP) is 3.63. The van der Waals surface area contributed by atoms with E-state index >= 15 is 0 Å². The van der Waals surface area contributed by atoms with Gasteiger partial charge in [-0.25, -0.2) is 14.6 Å². The molecule has 9 heteroatoms. The minimum atomic E-state index is -0.0802. The Kier molecular flexibility index (Phi) is 5.51. The van der Waals surface area contributed by atoms with Gasteiger partial charge in [0.25, 0.3) is 0 Å². The number of carbonyl (C=O) groups is 1. The van der Waals surface area contributed by atoms with Crippen molar-refractivity contribution in [3.05, 3.63) is 72.1 Å². The van der Waals surface area contributed by atoms with Gasteiger partial charge in [0.15, 0.2) is 5.82 Å². The lowest BCUT2D eigenvalue weighted by Gasteiger charge is -2.08. The first-order valence-electron chi connectivity index (χ1n) is 9.40. The first kappa shape index (κ1) is 19.3. The van der Waals surface area contributed by atoms with E-state index in [4.69, 9.17) is 9.26 Å². The van der Waals surface area contributed by atoms with E-state index in [1.807, 2.05) is 19.9 Å². The second kappa shape index (κ2) is 8.56. The van der Waals surface area contributed by atoms with Crippen molar-refractivity contribution in [2.75, 3.05) is 5.32 Å². The highest BCUT2D eigenvalue weighted by Crippen LogP contribution is 2.22. The number of nitrogens with zero attached hydrogens (tertiary/aromatic N) is 5. The van der Waals surface area contributed by atoms with Gasteiger partial charge in [0, 0.05) is 36.1 Å². The quantitative estimate of drug-likeness (QED) is 0.501. The van der Waals surface area contributed by atoms with E-state index < -0.39 is 0 Å². The number of carbonyl (C=O) groups excluding carboxylic acids is 1. The molecule has 0 spiro atoms. The molecule has 3 heterocycles. The topological polar surface area (TPSA) is 108 Å². The van der Waals surface area contributed by atoms with Crippen molar-refractivity contribution in [3.63, 3.8) is 0 Å². The van der Waals surface area contributed by atoms with Crippen molar-refractivity contribution in [3.8, 4) is 17.4 Å². The molecule has 1 amide bonds. The smallest absolute Gasteiger partial charge is 0.224 e. The molecule has 0 bridgehead atoms. The fraction of sp³-hybridized carbons (Fsp3) is 0.190. The molecule has 3 aromatic heterocycles. The van der Waals surface area contributed by atoms with Crippen LogP contribution >= 0.6 is 0 Å². The summed E-state index contributed by atoms with van der Waals surface area (Å²) < 4.78 is 12.5. The Morgan fingerprint density at radius 1 is 1.20 bits per heavy atom. The number of aromatic nitrogens is 5. The molecule has 0 aliphatic heterocycles. The zero-order valence-electron chi connectivity index (χ0n) is 16.6. The highest BCUT2D eigenvalue weighted by atomic mass is 16.5. The van der Waals surface area contributed by atoms with Gasteiger partial charge in [0.1, 0.15) is 17.8 Å². The van der Waals surface area contributed by atoms with Crippen LogP contribution in [0.4, 0.5) is 5.69 Å². The fourth-order valence-electron chi connectivity index (χ4n) is 2.96. The number of hydrogen-bond acceptors (Lipinski definition) is 7. The zero-order chi connectivity index (χ0) is 20.9. The van der Waals surface area contributed by atoms with E-state index in [0.29, 0.717) is 36.0 Å². The Labute approximate surface area is 172 Å². The highest BCUT2D eigenvalue weighted by molar-refractivity contribution is 5.90. The van der Waals surface area contributed by atoms with Crippen LogP contribution in [0.2, 0.25) is 0 Å². The molecule has 9 nitrogen and oxygen atoms in total. The van der Waals surface area contributed by atoms with Crippen LogP contribution < -0.4 is 10.1 Å². The predicted molar refractivity (Wildman–Crippen MR) is 109 cm³/mol. The van der Waals surface area contributed by atoms with Gasteiger partial charge >= 0.3 is 0 Å². The second-order valence-electron chi connectivity index (χ2n) is 6.64. The molecule has 1 N–H and O–H groups in total. The molecule has 0 aliphatic carbocycles. The molecule has 0 radical (unpaired) electrons. The molecule has 0 aliphatic rings. The summed E-state index contributed by atoms with van der Waals surface area (Å²) in [6.07, 6.45) is 5.80. The summed E-state index contributed by atoms with van der Waals surface area (Å²) in [5.74, 6) is 2.26. The first-order valence-corrected chi connectivity index (χ1v) is 9.40. The number of benzene rings is 1. The lowest BCUT2D eigenvalue weighted by molar-refractivity contribution is -0.116. The van der Waals surface area contributed by atoms with Crippen LogP contribution in [-0.2, 0) is 11.2 Å². The van der Waals surface area contributed by atoms with Crippen LogP contribution in [0.25, 0.3) is 5.82 Å². The second-order valence-corrected chi connectivity index (χ2v) is 6.64. The Morgan fingerprint density at radius 2 is 2.03 bits per heavy atom. The molecule has 0 unspecified atom stereocenters. The van der Waals surface area contributed by atoms with E-state index in [1.165, 1.54) is 6.33 Å². The SMILES string of the molecule is Cc1noc(C)c1CCC(=O)Nc1ccc(Oc2cc(-n3cccn3)ncn2)cc1. The molecule has 4 rings (SSSR count). The maximum Gasteiger partial charge on any atom is 0.224 e. The Morgan fingerprint density at radius 3 is 2.73 bits per heavy atom. The van der Waals surface area contributed by atoms with Gasteiger partial charge in [-0.05, 0) is 50.6 Å². The summed E-state index contributed by atoms with van der Waals surface area (Å²) in [5.41, 5.74) is 2.49. The van der Waals surface area contributed by atoms with E-state index in [-0.39, 0.29) is 5.91 Å². The minimum absolute atomic E-state index is 0.0802. The van der Waals surface area contributed by atoms with Gasteiger partial charge < -0.3 is 14.6 Å². The van der Waals surface area contributed by atoms with Crippen LogP contribution in [0.15, 0.2) is 59.6 Å². The van der Waals surface area contributed by atoms with E-state index in [9.17, 15) is 4.79 Å². The number of amides is 1. The van der Waals surface area contributed by atoms with Crippen LogP contribution in [0, 0.1) is 13.8 Å². The van der Waals surface area contributed by atoms with Gasteiger partial charge in [-0.1, -0.05) is 5.16 Å². The van der Waals surface area contributed by atoms with Crippen LogP contribution in [-0.4, -0.2) is 30.8 Å². The molecule has 30 heavy (non-hydrogen) atoms. The monoisotopic (exact) mass is 404 g/mol. The van der Waals surface area contributed by atoms with Gasteiger partial charge in [-0.3, -0.25) is 4.79 Å². The third-order valence-corrected chi connectivity index (χ3v) is 4.51. The van der Waals surface area contributed by atoms with Gasteiger partial charge in [-0.2, -0.15) is 5.10 Å². The average Bonchev–Trinajstić information content (AvgIpc) is 3.39. The van der Waals surface area contributed by atoms with Crippen molar-refractivity contribution in [2.45, 2.75) is 26.7 Å². The van der Waals surface area contributed by atoms with Crippen LogP contribution in [0.5, 0.6) is 11.6 Å². The lowest BCUT2D eigenvalue weighted by Crippen LogP contribution is -2.12. The number of aryl methyl sites for hydroxylation is 2. The van der Waals surface area contributed by atoms with Crippen molar-refractivity contribution in [1.29, 1.82) is 0 Å². The molecule has 0 fully saturated rings. The normalized spacial score (nSPS) is 10.7. The highest BCUT2D eigenvalue weighted by Gasteiger charge is 2.11. The van der Waals surface area contributed by atoms with Crippen molar-refractivity contribution >= 4 is 11.6 Å². The third-order valence-electron chi connectivity index (χ3n) is 4.51. The van der Waals surface area contributed by atoms with Crippen molar-refractivity contribution < 1.29 is 14.1 Å². The average molecular weight is 404 g/mol. The van der Waals surface area contributed by atoms with Crippen LogP contribution in [0.1, 0.15) is 23.4 Å².